The first-order valence-electron chi connectivity index (χ1n) is 10.9. The zero-order valence-corrected chi connectivity index (χ0v) is 18.0. The second-order valence-corrected chi connectivity index (χ2v) is 8.55. The van der Waals surface area contributed by atoms with Crippen molar-refractivity contribution in [3.63, 3.8) is 0 Å². The molecule has 33 heavy (non-hydrogen) atoms. The van der Waals surface area contributed by atoms with Crippen LogP contribution >= 0.6 is 0 Å². The van der Waals surface area contributed by atoms with E-state index >= 15 is 0 Å². The molecule has 0 spiro atoms. The van der Waals surface area contributed by atoms with Crippen LogP contribution in [0, 0.1) is 11.3 Å². The largest absolute Gasteiger partial charge is 0.586 e. The quantitative estimate of drug-likeness (QED) is 0.741. The first-order valence-corrected chi connectivity index (χ1v) is 10.9. The van der Waals surface area contributed by atoms with E-state index < -0.39 is 6.29 Å². The Kier molecular flexibility index (Phi) is 5.29. The molecule has 0 aliphatic carbocycles. The highest BCUT2D eigenvalue weighted by Gasteiger charge is 2.45. The molecular weight excluding hydrogens is 432 g/mol. The van der Waals surface area contributed by atoms with Crippen LogP contribution < -0.4 is 19.7 Å². The van der Waals surface area contributed by atoms with Crippen LogP contribution in [0.1, 0.15) is 36.9 Å². The molecule has 2 fully saturated rings. The molecule has 2 aromatic rings. The Balaban J connectivity index is 1.20. The van der Waals surface area contributed by atoms with E-state index in [1.54, 1.807) is 31.3 Å². The van der Waals surface area contributed by atoms with Crippen LogP contribution in [0.15, 0.2) is 36.5 Å². The number of fused-ring (bicyclic) bond motifs is 3. The topological polar surface area (TPSA) is 90.7 Å². The lowest BCUT2D eigenvalue weighted by Crippen LogP contribution is -2.57. The molecule has 4 heterocycles. The lowest BCUT2D eigenvalue weighted by atomic mass is 10.1. The Labute approximate surface area is 189 Å². The number of halogens is 2. The number of para-hydroxylation sites is 1. The van der Waals surface area contributed by atoms with Crippen molar-refractivity contribution in [1.82, 2.24) is 15.2 Å². The number of nitrogens with one attached hydrogen (secondary N) is 1. The number of anilines is 1. The molecule has 172 valence electrons. The van der Waals surface area contributed by atoms with Crippen molar-refractivity contribution in [2.75, 3.05) is 24.5 Å². The third-order valence-corrected chi connectivity index (χ3v) is 6.46. The number of amides is 1. The second-order valence-electron chi connectivity index (χ2n) is 8.55. The second kappa shape index (κ2) is 8.15. The minimum Gasteiger partial charge on any atom is -0.395 e. The fraction of sp³-hybridized carbons (Fsp3) is 0.435. The number of benzene rings is 1. The van der Waals surface area contributed by atoms with Gasteiger partial charge in [-0.05, 0) is 38.0 Å². The van der Waals surface area contributed by atoms with Gasteiger partial charge in [0.2, 0.25) is 5.91 Å². The number of carbonyl (C=O) groups is 1. The van der Waals surface area contributed by atoms with E-state index in [1.165, 1.54) is 6.07 Å². The SMILES string of the molecule is C[C@H](NCC(=O)N1CC2CCC(C1)N2c1ccc(C#N)cn1)c1cccc2c1OC(F)(F)O2. The van der Waals surface area contributed by atoms with Gasteiger partial charge in [-0.3, -0.25) is 4.79 Å². The lowest BCUT2D eigenvalue weighted by Gasteiger charge is -2.42. The van der Waals surface area contributed by atoms with Crippen molar-refractivity contribution in [3.05, 3.63) is 47.7 Å². The summed E-state index contributed by atoms with van der Waals surface area (Å²) in [5.74, 6) is 0.775. The van der Waals surface area contributed by atoms with Crippen molar-refractivity contribution in [1.29, 1.82) is 5.26 Å². The molecule has 0 radical (unpaired) electrons. The van der Waals surface area contributed by atoms with Crippen molar-refractivity contribution >= 4 is 11.7 Å². The molecule has 1 amide bonds. The first-order chi connectivity index (χ1) is 15.8. The predicted octanol–water partition coefficient (Wildman–Crippen LogP) is 2.81. The normalized spacial score (nSPS) is 23.3. The number of hydrogen-bond acceptors (Lipinski definition) is 7. The maximum absolute atomic E-state index is 13.5. The number of hydrogen-bond donors (Lipinski definition) is 1. The molecule has 1 N–H and O–H groups in total. The van der Waals surface area contributed by atoms with E-state index in [-0.39, 0.29) is 42.1 Å². The summed E-state index contributed by atoms with van der Waals surface area (Å²) in [5.41, 5.74) is 1.03. The van der Waals surface area contributed by atoms with Crippen molar-refractivity contribution in [2.24, 2.45) is 0 Å². The van der Waals surface area contributed by atoms with Gasteiger partial charge in [0, 0.05) is 43.0 Å². The van der Waals surface area contributed by atoms with E-state index in [9.17, 15) is 13.6 Å². The van der Waals surface area contributed by atoms with Gasteiger partial charge in [-0.25, -0.2) is 4.98 Å². The van der Waals surface area contributed by atoms with Gasteiger partial charge in [0.1, 0.15) is 11.9 Å². The smallest absolute Gasteiger partial charge is 0.395 e. The van der Waals surface area contributed by atoms with Crippen LogP contribution in [-0.2, 0) is 4.79 Å². The summed E-state index contributed by atoms with van der Waals surface area (Å²) in [7, 11) is 0. The van der Waals surface area contributed by atoms with Gasteiger partial charge in [-0.2, -0.15) is 5.26 Å². The zero-order chi connectivity index (χ0) is 23.2. The molecule has 2 bridgehead atoms. The summed E-state index contributed by atoms with van der Waals surface area (Å²) in [6.07, 6.45) is -0.164. The number of carbonyl (C=O) groups excluding carboxylic acids is 1. The zero-order valence-electron chi connectivity index (χ0n) is 18.0. The van der Waals surface area contributed by atoms with Crippen LogP contribution in [0.4, 0.5) is 14.6 Å². The number of likely N-dealkylation sites (tertiary alicyclic amines) is 1. The van der Waals surface area contributed by atoms with Gasteiger partial charge in [0.05, 0.1) is 12.1 Å². The Hall–Kier alpha value is -3.45. The minimum atomic E-state index is -3.68. The van der Waals surface area contributed by atoms with Crippen molar-refractivity contribution < 1.29 is 23.0 Å². The van der Waals surface area contributed by atoms with Gasteiger partial charge in [0.25, 0.3) is 0 Å². The fourth-order valence-electron chi connectivity index (χ4n) is 4.88. The number of nitriles is 1. The first kappa shape index (κ1) is 21.4. The van der Waals surface area contributed by atoms with Crippen LogP contribution in [0.25, 0.3) is 0 Å². The Bertz CT molecular complexity index is 1090. The number of pyridine rings is 1. The lowest BCUT2D eigenvalue weighted by molar-refractivity contribution is -0.287. The third kappa shape index (κ3) is 4.04. The highest BCUT2D eigenvalue weighted by molar-refractivity contribution is 5.79. The highest BCUT2D eigenvalue weighted by Crippen LogP contribution is 2.45. The van der Waals surface area contributed by atoms with E-state index in [2.05, 4.69) is 30.7 Å². The monoisotopic (exact) mass is 455 g/mol. The van der Waals surface area contributed by atoms with Gasteiger partial charge in [-0.1, -0.05) is 12.1 Å². The van der Waals surface area contributed by atoms with E-state index in [0.717, 1.165) is 18.7 Å². The number of ether oxygens (including phenoxy) is 2. The van der Waals surface area contributed by atoms with E-state index in [4.69, 9.17) is 5.26 Å². The van der Waals surface area contributed by atoms with Crippen LogP contribution in [0.2, 0.25) is 0 Å². The number of aromatic nitrogens is 1. The summed E-state index contributed by atoms with van der Waals surface area (Å²) >= 11 is 0. The van der Waals surface area contributed by atoms with E-state index in [0.29, 0.717) is 24.2 Å². The molecule has 3 aliphatic rings. The van der Waals surface area contributed by atoms with Gasteiger partial charge in [-0.15, -0.1) is 8.78 Å². The van der Waals surface area contributed by atoms with Gasteiger partial charge < -0.3 is 24.6 Å². The predicted molar refractivity (Wildman–Crippen MR) is 114 cm³/mol. The van der Waals surface area contributed by atoms with Crippen molar-refractivity contribution in [3.8, 4) is 17.6 Å². The maximum Gasteiger partial charge on any atom is 0.586 e. The summed E-state index contributed by atoms with van der Waals surface area (Å²) in [6.45, 7) is 3.06. The summed E-state index contributed by atoms with van der Waals surface area (Å²) < 4.78 is 36.1. The maximum atomic E-state index is 13.5. The third-order valence-electron chi connectivity index (χ3n) is 6.46. The summed E-state index contributed by atoms with van der Waals surface area (Å²) in [6, 6.07) is 10.4. The standard InChI is InChI=1S/C23H23F2N5O3/c1-14(18-3-2-4-19-22(18)33-23(24,25)32-19)27-11-21(31)29-12-16-6-7-17(13-29)30(16)20-8-5-15(9-26)10-28-20/h2-5,8,10,14,16-17,27H,6-7,11-13H2,1H3/t14-,16?,17?/m0/s1. The van der Waals surface area contributed by atoms with Gasteiger partial charge >= 0.3 is 6.29 Å². The molecular formula is C23H23F2N5O3. The van der Waals surface area contributed by atoms with Gasteiger partial charge in [0.15, 0.2) is 11.5 Å². The van der Waals surface area contributed by atoms with E-state index in [1.807, 2.05) is 11.0 Å². The number of nitrogens with zero attached hydrogens (tertiary/aromatic N) is 4. The highest BCUT2D eigenvalue weighted by atomic mass is 19.3. The van der Waals surface area contributed by atoms with Crippen LogP contribution in [-0.4, -0.2) is 53.8 Å². The summed E-state index contributed by atoms with van der Waals surface area (Å²) in [5, 5.41) is 12.1. The molecule has 1 aromatic heterocycles. The molecule has 0 saturated carbocycles. The molecule has 2 unspecified atom stereocenters. The van der Waals surface area contributed by atoms with Crippen LogP contribution in [0.5, 0.6) is 11.5 Å². The fourth-order valence-corrected chi connectivity index (χ4v) is 4.88. The molecule has 10 heteroatoms. The molecule has 5 rings (SSSR count). The average Bonchev–Trinajstić information content (AvgIpc) is 3.27. The molecule has 8 nitrogen and oxygen atoms in total. The molecule has 2 saturated heterocycles. The summed E-state index contributed by atoms with van der Waals surface area (Å²) in [4.78, 5) is 21.5. The minimum absolute atomic E-state index is 0.00322. The number of piperazine rings is 1. The number of alkyl halides is 2. The molecule has 3 aliphatic heterocycles. The Morgan fingerprint density at radius 2 is 2.03 bits per heavy atom. The average molecular weight is 455 g/mol. The number of rotatable bonds is 5. The van der Waals surface area contributed by atoms with Crippen LogP contribution in [0.3, 0.4) is 0 Å². The Morgan fingerprint density at radius 1 is 1.27 bits per heavy atom. The van der Waals surface area contributed by atoms with Crippen molar-refractivity contribution in [2.45, 2.75) is 44.2 Å². The molecule has 1 aromatic carbocycles. The Morgan fingerprint density at radius 3 is 2.70 bits per heavy atom. The molecule has 3 atom stereocenters.